The van der Waals surface area contributed by atoms with Gasteiger partial charge in [0.1, 0.15) is 6.10 Å². The maximum atomic E-state index is 12.0. The number of hydrogen-bond donors (Lipinski definition) is 1. The van der Waals surface area contributed by atoms with E-state index in [1.54, 1.807) is 18.2 Å². The summed E-state index contributed by atoms with van der Waals surface area (Å²) in [4.78, 5) is 12.0. The first-order valence-electron chi connectivity index (χ1n) is 7.06. The van der Waals surface area contributed by atoms with Gasteiger partial charge in [0.25, 0.3) is 5.91 Å². The maximum absolute atomic E-state index is 12.0. The van der Waals surface area contributed by atoms with Crippen LogP contribution in [0.2, 0.25) is 0 Å². The summed E-state index contributed by atoms with van der Waals surface area (Å²) in [6.07, 6.45) is 1.38. The van der Waals surface area contributed by atoms with E-state index in [-0.39, 0.29) is 12.0 Å². The van der Waals surface area contributed by atoms with Crippen molar-refractivity contribution in [1.82, 2.24) is 0 Å². The molecule has 0 radical (unpaired) electrons. The predicted octanol–water partition coefficient (Wildman–Crippen LogP) is 2.60. The number of rotatable bonds is 6. The van der Waals surface area contributed by atoms with E-state index in [2.05, 4.69) is 5.32 Å². The Kier molecular flexibility index (Phi) is 5.24. The number of carbonyl (C=O) groups excluding carboxylic acids is 1. The maximum Gasteiger partial charge on any atom is 0.253 e. The topological polar surface area (TPSA) is 56.8 Å². The Morgan fingerprint density at radius 1 is 1.30 bits per heavy atom. The molecule has 5 nitrogen and oxygen atoms in total. The van der Waals surface area contributed by atoms with Crippen LogP contribution in [-0.2, 0) is 9.53 Å². The zero-order valence-corrected chi connectivity index (χ0v) is 12.0. The van der Waals surface area contributed by atoms with Crippen LogP contribution < -0.4 is 14.8 Å². The molecule has 110 valence electrons. The summed E-state index contributed by atoms with van der Waals surface area (Å²) in [5, 5.41) is 2.85. The smallest absolute Gasteiger partial charge is 0.253 e. The number of anilines is 1. The summed E-state index contributed by atoms with van der Waals surface area (Å²) in [6.45, 7) is 5.60. The molecule has 2 rings (SSSR count). The number of nitrogens with one attached hydrogen (secondary N) is 1. The highest BCUT2D eigenvalue weighted by Gasteiger charge is 2.23. The summed E-state index contributed by atoms with van der Waals surface area (Å²) < 4.78 is 16.4. The van der Waals surface area contributed by atoms with E-state index in [0.717, 1.165) is 12.8 Å². The normalized spacial score (nSPS) is 17.8. The van der Waals surface area contributed by atoms with E-state index in [9.17, 15) is 4.79 Å². The van der Waals surface area contributed by atoms with Crippen LogP contribution in [0.4, 0.5) is 5.69 Å². The lowest BCUT2D eigenvalue weighted by Crippen LogP contribution is -2.26. The van der Waals surface area contributed by atoms with Crippen molar-refractivity contribution in [3.05, 3.63) is 18.2 Å². The summed E-state index contributed by atoms with van der Waals surface area (Å²) >= 11 is 0. The summed E-state index contributed by atoms with van der Waals surface area (Å²) in [5.74, 6) is 1.22. The van der Waals surface area contributed by atoms with Gasteiger partial charge in [0.05, 0.1) is 13.2 Å². The Bertz CT molecular complexity index is 455. The van der Waals surface area contributed by atoms with E-state index in [1.165, 1.54) is 0 Å². The minimum absolute atomic E-state index is 0.103. The Labute approximate surface area is 119 Å². The fraction of sp³-hybridized carbons (Fsp3) is 0.533. The van der Waals surface area contributed by atoms with Gasteiger partial charge in [-0.25, -0.2) is 0 Å². The van der Waals surface area contributed by atoms with Gasteiger partial charge in [0.2, 0.25) is 0 Å². The van der Waals surface area contributed by atoms with Gasteiger partial charge in [-0.05, 0) is 38.8 Å². The monoisotopic (exact) mass is 279 g/mol. The van der Waals surface area contributed by atoms with Gasteiger partial charge in [-0.3, -0.25) is 4.79 Å². The third-order valence-corrected chi connectivity index (χ3v) is 3.03. The fourth-order valence-electron chi connectivity index (χ4n) is 2.14. The molecule has 0 saturated carbocycles. The Morgan fingerprint density at radius 2 is 2.05 bits per heavy atom. The molecule has 5 heteroatoms. The first-order valence-corrected chi connectivity index (χ1v) is 7.06. The molecule has 0 bridgehead atoms. The van der Waals surface area contributed by atoms with Crippen molar-refractivity contribution in [2.75, 3.05) is 25.1 Å². The second-order valence-corrected chi connectivity index (χ2v) is 4.52. The van der Waals surface area contributed by atoms with Crippen LogP contribution in [0.3, 0.4) is 0 Å². The molecule has 1 N–H and O–H groups in total. The minimum Gasteiger partial charge on any atom is -0.490 e. The summed E-state index contributed by atoms with van der Waals surface area (Å²) in [5.41, 5.74) is 0.692. The van der Waals surface area contributed by atoms with Crippen LogP contribution in [0, 0.1) is 0 Å². The number of benzene rings is 1. The number of ether oxygens (including phenoxy) is 3. The SMILES string of the molecule is CCOc1ccc(NC(=O)C2CCCO2)cc1OCC. The highest BCUT2D eigenvalue weighted by atomic mass is 16.5. The van der Waals surface area contributed by atoms with E-state index < -0.39 is 0 Å². The minimum atomic E-state index is -0.336. The van der Waals surface area contributed by atoms with Gasteiger partial charge in [-0.2, -0.15) is 0 Å². The lowest BCUT2D eigenvalue weighted by atomic mass is 10.2. The first kappa shape index (κ1) is 14.7. The van der Waals surface area contributed by atoms with Crippen LogP contribution >= 0.6 is 0 Å². The largest absolute Gasteiger partial charge is 0.490 e. The van der Waals surface area contributed by atoms with Crippen molar-refractivity contribution in [2.45, 2.75) is 32.8 Å². The number of hydrogen-bond acceptors (Lipinski definition) is 4. The first-order chi connectivity index (χ1) is 9.74. The summed E-state index contributed by atoms with van der Waals surface area (Å²) in [6, 6.07) is 5.39. The van der Waals surface area contributed by atoms with Crippen LogP contribution in [0.1, 0.15) is 26.7 Å². The van der Waals surface area contributed by atoms with Crippen molar-refractivity contribution in [3.8, 4) is 11.5 Å². The lowest BCUT2D eigenvalue weighted by molar-refractivity contribution is -0.124. The van der Waals surface area contributed by atoms with Crippen LogP contribution in [0.5, 0.6) is 11.5 Å². The van der Waals surface area contributed by atoms with Crippen molar-refractivity contribution >= 4 is 11.6 Å². The zero-order chi connectivity index (χ0) is 14.4. The molecule has 1 atom stereocenters. The van der Waals surface area contributed by atoms with Gasteiger partial charge in [0.15, 0.2) is 11.5 Å². The second-order valence-electron chi connectivity index (χ2n) is 4.52. The van der Waals surface area contributed by atoms with Crippen molar-refractivity contribution < 1.29 is 19.0 Å². The van der Waals surface area contributed by atoms with Crippen molar-refractivity contribution in [1.29, 1.82) is 0 Å². The quantitative estimate of drug-likeness (QED) is 0.869. The van der Waals surface area contributed by atoms with Crippen LogP contribution in [0.15, 0.2) is 18.2 Å². The van der Waals surface area contributed by atoms with Crippen molar-refractivity contribution in [3.63, 3.8) is 0 Å². The molecule has 0 spiro atoms. The van der Waals surface area contributed by atoms with E-state index in [1.807, 2.05) is 13.8 Å². The van der Waals surface area contributed by atoms with Crippen LogP contribution in [-0.4, -0.2) is 31.8 Å². The Morgan fingerprint density at radius 3 is 2.70 bits per heavy atom. The number of amides is 1. The molecular formula is C15H21NO4. The van der Waals surface area contributed by atoms with E-state index in [0.29, 0.717) is 37.0 Å². The number of carbonyl (C=O) groups is 1. The van der Waals surface area contributed by atoms with Crippen LogP contribution in [0.25, 0.3) is 0 Å². The molecule has 1 aromatic rings. The molecule has 1 saturated heterocycles. The third kappa shape index (κ3) is 3.63. The van der Waals surface area contributed by atoms with E-state index in [4.69, 9.17) is 14.2 Å². The lowest BCUT2D eigenvalue weighted by Gasteiger charge is -2.14. The highest BCUT2D eigenvalue weighted by Crippen LogP contribution is 2.30. The molecule has 0 aromatic heterocycles. The molecule has 1 fully saturated rings. The fourth-order valence-corrected chi connectivity index (χ4v) is 2.14. The zero-order valence-electron chi connectivity index (χ0n) is 12.0. The molecule has 1 aliphatic heterocycles. The molecule has 1 aliphatic rings. The molecule has 1 unspecified atom stereocenters. The third-order valence-electron chi connectivity index (χ3n) is 3.03. The molecule has 1 aromatic carbocycles. The average molecular weight is 279 g/mol. The van der Waals surface area contributed by atoms with Gasteiger partial charge in [-0.1, -0.05) is 0 Å². The average Bonchev–Trinajstić information content (AvgIpc) is 2.96. The van der Waals surface area contributed by atoms with Gasteiger partial charge in [-0.15, -0.1) is 0 Å². The molecule has 20 heavy (non-hydrogen) atoms. The molecule has 1 heterocycles. The Hall–Kier alpha value is -1.75. The highest BCUT2D eigenvalue weighted by molar-refractivity contribution is 5.94. The van der Waals surface area contributed by atoms with E-state index >= 15 is 0 Å². The second kappa shape index (κ2) is 7.14. The predicted molar refractivity (Wildman–Crippen MR) is 76.4 cm³/mol. The Balaban J connectivity index is 2.07. The van der Waals surface area contributed by atoms with Gasteiger partial charge < -0.3 is 19.5 Å². The molecular weight excluding hydrogens is 258 g/mol. The molecule has 1 amide bonds. The van der Waals surface area contributed by atoms with Gasteiger partial charge >= 0.3 is 0 Å². The van der Waals surface area contributed by atoms with Gasteiger partial charge in [0, 0.05) is 18.4 Å². The summed E-state index contributed by atoms with van der Waals surface area (Å²) in [7, 11) is 0. The van der Waals surface area contributed by atoms with Crippen molar-refractivity contribution in [2.24, 2.45) is 0 Å². The molecule has 0 aliphatic carbocycles. The standard InChI is InChI=1S/C15H21NO4/c1-3-18-12-8-7-11(10-14(12)19-4-2)16-15(17)13-6-5-9-20-13/h7-8,10,13H,3-6,9H2,1-2H3,(H,16,17).